The number of hydrogen-bond acceptors (Lipinski definition) is 2. The highest BCUT2D eigenvalue weighted by Crippen LogP contribution is 2.22. The Morgan fingerprint density at radius 1 is 1.19 bits per heavy atom. The van der Waals surface area contributed by atoms with Gasteiger partial charge in [-0.15, -0.1) is 0 Å². The number of hydrogen-bond donors (Lipinski definition) is 1. The lowest BCUT2D eigenvalue weighted by atomic mass is 10.1. The Balaban J connectivity index is 2.12. The zero-order chi connectivity index (χ0) is 15.2. The van der Waals surface area contributed by atoms with E-state index in [9.17, 15) is 4.39 Å². The minimum atomic E-state index is -0.356. The van der Waals surface area contributed by atoms with E-state index in [0.717, 1.165) is 16.9 Å². The van der Waals surface area contributed by atoms with Crippen molar-refractivity contribution in [2.45, 2.75) is 20.5 Å². The normalized spacial score (nSPS) is 9.90. The molecule has 0 unspecified atom stereocenters. The first kappa shape index (κ1) is 15.1. The molecular weight excluding hydrogens is 267 g/mol. The lowest BCUT2D eigenvalue weighted by molar-refractivity contribution is 0.297. The highest BCUT2D eigenvalue weighted by atomic mass is 19.1. The maximum Gasteiger partial charge on any atom is 0.131 e. The molecule has 0 saturated carbocycles. The highest BCUT2D eigenvalue weighted by molar-refractivity contribution is 5.39. The lowest BCUT2D eigenvalue weighted by Gasteiger charge is -2.11. The molecule has 0 heterocycles. The smallest absolute Gasteiger partial charge is 0.131 e. The van der Waals surface area contributed by atoms with Crippen LogP contribution in [0.5, 0.6) is 5.75 Å². The maximum atomic E-state index is 13.9. The summed E-state index contributed by atoms with van der Waals surface area (Å²) in [5, 5.41) is 8.62. The molecule has 0 saturated heterocycles. The topological polar surface area (TPSA) is 29.5 Å². The van der Waals surface area contributed by atoms with Gasteiger partial charge in [-0.2, -0.15) is 0 Å². The van der Waals surface area contributed by atoms with Crippen molar-refractivity contribution in [2.75, 3.05) is 6.61 Å². The predicted molar refractivity (Wildman–Crippen MR) is 80.6 cm³/mol. The van der Waals surface area contributed by atoms with E-state index in [0.29, 0.717) is 11.1 Å². The van der Waals surface area contributed by atoms with E-state index >= 15 is 0 Å². The summed E-state index contributed by atoms with van der Waals surface area (Å²) in [6, 6.07) is 10.5. The Bertz CT molecular complexity index is 696. The Morgan fingerprint density at radius 3 is 2.71 bits per heavy atom. The number of benzene rings is 2. The second-order valence-corrected chi connectivity index (χ2v) is 4.75. The average molecular weight is 284 g/mol. The third-order valence-corrected chi connectivity index (χ3v) is 3.30. The van der Waals surface area contributed by atoms with Crippen molar-refractivity contribution < 1.29 is 14.2 Å². The molecule has 0 fully saturated rings. The molecular formula is C18H17FO2. The molecule has 0 bridgehead atoms. The molecule has 0 aliphatic carbocycles. The Kier molecular flexibility index (Phi) is 4.97. The van der Waals surface area contributed by atoms with Crippen molar-refractivity contribution >= 4 is 0 Å². The summed E-state index contributed by atoms with van der Waals surface area (Å²) in [4.78, 5) is 0. The zero-order valence-electron chi connectivity index (χ0n) is 12.1. The molecule has 0 atom stereocenters. The van der Waals surface area contributed by atoms with Gasteiger partial charge in [-0.3, -0.25) is 0 Å². The van der Waals surface area contributed by atoms with Crippen molar-refractivity contribution in [2.24, 2.45) is 0 Å². The third-order valence-electron chi connectivity index (χ3n) is 3.30. The molecule has 0 aromatic heterocycles. The molecule has 21 heavy (non-hydrogen) atoms. The highest BCUT2D eigenvalue weighted by Gasteiger charge is 2.06. The lowest BCUT2D eigenvalue weighted by Crippen LogP contribution is -2.00. The van der Waals surface area contributed by atoms with Crippen molar-refractivity contribution in [3.63, 3.8) is 0 Å². The van der Waals surface area contributed by atoms with Gasteiger partial charge in [-0.25, -0.2) is 4.39 Å². The zero-order valence-corrected chi connectivity index (χ0v) is 12.1. The van der Waals surface area contributed by atoms with Gasteiger partial charge < -0.3 is 9.84 Å². The van der Waals surface area contributed by atoms with Crippen LogP contribution in [0.3, 0.4) is 0 Å². The predicted octanol–water partition coefficient (Wildman–Crippen LogP) is 3.37. The van der Waals surface area contributed by atoms with Gasteiger partial charge in [-0.05, 0) is 43.2 Å². The number of aliphatic hydroxyl groups excluding tert-OH is 1. The third kappa shape index (κ3) is 3.84. The summed E-state index contributed by atoms with van der Waals surface area (Å²) in [5.74, 6) is 5.57. The summed E-state index contributed by atoms with van der Waals surface area (Å²) >= 11 is 0. The van der Waals surface area contributed by atoms with Gasteiger partial charge in [0.05, 0.1) is 0 Å². The summed E-state index contributed by atoms with van der Waals surface area (Å²) < 4.78 is 19.6. The molecule has 0 spiro atoms. The maximum absolute atomic E-state index is 13.9. The van der Waals surface area contributed by atoms with Gasteiger partial charge in [-0.1, -0.05) is 30.0 Å². The summed E-state index contributed by atoms with van der Waals surface area (Å²) in [5.41, 5.74) is 3.22. The van der Waals surface area contributed by atoms with Crippen molar-refractivity contribution in [3.05, 3.63) is 64.5 Å². The fourth-order valence-electron chi connectivity index (χ4n) is 1.92. The number of halogens is 1. The molecule has 2 rings (SSSR count). The summed E-state index contributed by atoms with van der Waals surface area (Å²) in [6.07, 6.45) is 0. The molecule has 108 valence electrons. The molecule has 1 N–H and O–H groups in total. The van der Waals surface area contributed by atoms with Gasteiger partial charge >= 0.3 is 0 Å². The quantitative estimate of drug-likeness (QED) is 0.876. The second kappa shape index (κ2) is 6.92. The van der Waals surface area contributed by atoms with Gasteiger partial charge in [0.2, 0.25) is 0 Å². The Labute approximate surface area is 124 Å². The number of aryl methyl sites for hydroxylation is 1. The van der Waals surface area contributed by atoms with Crippen molar-refractivity contribution in [3.8, 4) is 17.6 Å². The van der Waals surface area contributed by atoms with Crippen molar-refractivity contribution in [1.82, 2.24) is 0 Å². The van der Waals surface area contributed by atoms with Crippen LogP contribution in [0.4, 0.5) is 4.39 Å². The van der Waals surface area contributed by atoms with Crippen LogP contribution < -0.4 is 4.74 Å². The Morgan fingerprint density at radius 2 is 2.00 bits per heavy atom. The largest absolute Gasteiger partial charge is 0.489 e. The second-order valence-electron chi connectivity index (χ2n) is 4.75. The molecule has 0 radical (unpaired) electrons. The van der Waals surface area contributed by atoms with Crippen LogP contribution in [0, 0.1) is 31.5 Å². The van der Waals surface area contributed by atoms with E-state index in [1.165, 1.54) is 6.07 Å². The molecule has 0 aliphatic heterocycles. The van der Waals surface area contributed by atoms with Crippen molar-refractivity contribution in [1.29, 1.82) is 0 Å². The van der Waals surface area contributed by atoms with Gasteiger partial charge in [0.15, 0.2) is 0 Å². The van der Waals surface area contributed by atoms with Crippen LogP contribution in [-0.2, 0) is 6.61 Å². The minimum absolute atomic E-state index is 0.170. The average Bonchev–Trinajstić information content (AvgIpc) is 2.48. The van der Waals surface area contributed by atoms with Gasteiger partial charge in [0.1, 0.15) is 24.8 Å². The van der Waals surface area contributed by atoms with E-state index in [-0.39, 0.29) is 19.0 Å². The van der Waals surface area contributed by atoms with E-state index in [1.807, 2.05) is 32.0 Å². The van der Waals surface area contributed by atoms with Crippen LogP contribution in [0.1, 0.15) is 22.3 Å². The molecule has 0 amide bonds. The summed E-state index contributed by atoms with van der Waals surface area (Å²) in [6.45, 7) is 3.93. The monoisotopic (exact) mass is 284 g/mol. The van der Waals surface area contributed by atoms with Crippen LogP contribution in [-0.4, -0.2) is 11.7 Å². The van der Waals surface area contributed by atoms with E-state index in [4.69, 9.17) is 9.84 Å². The SMILES string of the molecule is Cc1cccc(OCc2ccc(C#CCO)cc2F)c1C. The van der Waals surface area contributed by atoms with Gasteiger partial charge in [0.25, 0.3) is 0 Å². The number of rotatable bonds is 3. The number of aliphatic hydroxyl groups is 1. The molecule has 3 heteroatoms. The number of ether oxygens (including phenoxy) is 1. The van der Waals surface area contributed by atoms with Crippen LogP contribution >= 0.6 is 0 Å². The van der Waals surface area contributed by atoms with E-state index in [1.54, 1.807) is 12.1 Å². The van der Waals surface area contributed by atoms with Crippen LogP contribution in [0.25, 0.3) is 0 Å². The van der Waals surface area contributed by atoms with E-state index < -0.39 is 0 Å². The fraction of sp³-hybridized carbons (Fsp3) is 0.222. The van der Waals surface area contributed by atoms with E-state index in [2.05, 4.69) is 11.8 Å². The first-order valence-corrected chi connectivity index (χ1v) is 6.69. The van der Waals surface area contributed by atoms with Crippen LogP contribution in [0.2, 0.25) is 0 Å². The Hall–Kier alpha value is -2.31. The molecule has 2 nitrogen and oxygen atoms in total. The molecule has 2 aromatic carbocycles. The standard InChI is InChI=1S/C18H17FO2/c1-13-5-3-7-18(14(13)2)21-12-16-9-8-15(6-4-10-20)11-17(16)19/h3,5,7-9,11,20H,10,12H2,1-2H3. The van der Waals surface area contributed by atoms with Gasteiger partial charge in [0, 0.05) is 11.1 Å². The molecule has 0 aliphatic rings. The first-order valence-electron chi connectivity index (χ1n) is 6.69. The minimum Gasteiger partial charge on any atom is -0.489 e. The summed E-state index contributed by atoms with van der Waals surface area (Å²) in [7, 11) is 0. The van der Waals surface area contributed by atoms with Crippen LogP contribution in [0.15, 0.2) is 36.4 Å². The molecule has 2 aromatic rings. The first-order chi connectivity index (χ1) is 10.1. The fourth-order valence-corrected chi connectivity index (χ4v) is 1.92.